The average molecular weight is 238 g/mol. The summed E-state index contributed by atoms with van der Waals surface area (Å²) in [6.07, 6.45) is 4.96. The lowest BCUT2D eigenvalue weighted by atomic mass is 10.1. The first-order chi connectivity index (χ1) is 8.84. The number of nitrogens with zero attached hydrogens (tertiary/aromatic N) is 2. The van der Waals surface area contributed by atoms with E-state index in [1.54, 1.807) is 36.8 Å². The zero-order chi connectivity index (χ0) is 12.4. The van der Waals surface area contributed by atoms with E-state index in [1.807, 2.05) is 12.1 Å². The highest BCUT2D eigenvalue weighted by molar-refractivity contribution is 6.11. The Kier molecular flexibility index (Phi) is 2.49. The number of pyridine rings is 1. The number of carbonyl (C=O) groups excluding carboxylic acids is 1. The number of aromatic nitrogens is 3. The fourth-order valence-corrected chi connectivity index (χ4v) is 1.79. The predicted octanol–water partition coefficient (Wildman–Crippen LogP) is 2.21. The van der Waals surface area contributed by atoms with Gasteiger partial charge < -0.3 is 5.32 Å². The molecule has 2 heterocycles. The minimum absolute atomic E-state index is 0.170. The molecule has 0 saturated carbocycles. The van der Waals surface area contributed by atoms with Crippen LogP contribution < -0.4 is 5.32 Å². The van der Waals surface area contributed by atoms with Crippen molar-refractivity contribution < 1.29 is 4.79 Å². The molecule has 0 unspecified atom stereocenters. The summed E-state index contributed by atoms with van der Waals surface area (Å²) in [4.78, 5) is 16.0. The molecule has 0 atom stereocenters. The van der Waals surface area contributed by atoms with Crippen molar-refractivity contribution in [2.24, 2.45) is 0 Å². The summed E-state index contributed by atoms with van der Waals surface area (Å²) in [7, 11) is 0. The van der Waals surface area contributed by atoms with Gasteiger partial charge in [0.1, 0.15) is 0 Å². The highest BCUT2D eigenvalue weighted by atomic mass is 16.1. The summed E-state index contributed by atoms with van der Waals surface area (Å²) in [6, 6.07) is 8.98. The average Bonchev–Trinajstić information content (AvgIpc) is 2.87. The number of anilines is 1. The van der Waals surface area contributed by atoms with Gasteiger partial charge in [-0.1, -0.05) is 12.1 Å². The number of H-pyrrole nitrogens is 1. The van der Waals surface area contributed by atoms with Crippen LogP contribution in [0.4, 0.5) is 5.69 Å². The van der Waals surface area contributed by atoms with Gasteiger partial charge in [-0.05, 0) is 18.2 Å². The second kappa shape index (κ2) is 4.29. The quantitative estimate of drug-likeness (QED) is 0.719. The molecular formula is C13H10N4O. The van der Waals surface area contributed by atoms with Crippen LogP contribution in [-0.2, 0) is 0 Å². The lowest BCUT2D eigenvalue weighted by Gasteiger charge is -2.05. The summed E-state index contributed by atoms with van der Waals surface area (Å²) >= 11 is 0. The van der Waals surface area contributed by atoms with Crippen molar-refractivity contribution in [3.05, 3.63) is 54.5 Å². The van der Waals surface area contributed by atoms with Crippen LogP contribution in [0.3, 0.4) is 0 Å². The topological polar surface area (TPSA) is 70.7 Å². The van der Waals surface area contributed by atoms with E-state index in [9.17, 15) is 4.79 Å². The van der Waals surface area contributed by atoms with Gasteiger partial charge in [0.15, 0.2) is 0 Å². The number of benzene rings is 1. The molecule has 5 nitrogen and oxygen atoms in total. The molecule has 0 aliphatic heterocycles. The summed E-state index contributed by atoms with van der Waals surface area (Å²) in [5.74, 6) is -0.170. The van der Waals surface area contributed by atoms with Crippen molar-refractivity contribution in [1.29, 1.82) is 0 Å². The smallest absolute Gasteiger partial charge is 0.257 e. The van der Waals surface area contributed by atoms with Gasteiger partial charge >= 0.3 is 0 Å². The standard InChI is InChI=1S/C13H10N4O/c18-13(16-10-4-6-14-7-5-10)11-3-1-2-9-8-15-17-12(9)11/h1-8H,(H,15,17)(H,14,16,18). The van der Waals surface area contributed by atoms with E-state index in [1.165, 1.54) is 0 Å². The van der Waals surface area contributed by atoms with E-state index in [0.29, 0.717) is 11.3 Å². The number of carbonyl (C=O) groups is 1. The maximum atomic E-state index is 12.1. The van der Waals surface area contributed by atoms with E-state index in [0.717, 1.165) is 10.9 Å². The highest BCUT2D eigenvalue weighted by Crippen LogP contribution is 2.17. The van der Waals surface area contributed by atoms with Crippen molar-refractivity contribution in [2.45, 2.75) is 0 Å². The van der Waals surface area contributed by atoms with Gasteiger partial charge in [0.2, 0.25) is 0 Å². The van der Waals surface area contributed by atoms with Gasteiger partial charge in [-0.3, -0.25) is 14.9 Å². The SMILES string of the molecule is O=C(Nc1ccncc1)c1cccc2cn[nH]c12. The molecule has 0 fully saturated rings. The van der Waals surface area contributed by atoms with Crippen LogP contribution in [0.15, 0.2) is 48.9 Å². The molecule has 18 heavy (non-hydrogen) atoms. The van der Waals surface area contributed by atoms with Crippen LogP contribution in [0.2, 0.25) is 0 Å². The largest absolute Gasteiger partial charge is 0.322 e. The van der Waals surface area contributed by atoms with Crippen LogP contribution >= 0.6 is 0 Å². The van der Waals surface area contributed by atoms with Crippen LogP contribution in [0.5, 0.6) is 0 Å². The van der Waals surface area contributed by atoms with Gasteiger partial charge in [0.25, 0.3) is 5.91 Å². The van der Waals surface area contributed by atoms with Crippen molar-refractivity contribution >= 4 is 22.5 Å². The van der Waals surface area contributed by atoms with Crippen LogP contribution in [0.25, 0.3) is 10.9 Å². The summed E-state index contributed by atoms with van der Waals surface area (Å²) < 4.78 is 0. The lowest BCUT2D eigenvalue weighted by molar-refractivity contribution is 0.102. The number of hydrogen-bond donors (Lipinski definition) is 2. The molecule has 2 N–H and O–H groups in total. The molecule has 1 aromatic carbocycles. The molecule has 3 rings (SSSR count). The van der Waals surface area contributed by atoms with Crippen molar-refractivity contribution in [2.75, 3.05) is 5.32 Å². The van der Waals surface area contributed by atoms with Crippen LogP contribution in [-0.4, -0.2) is 21.1 Å². The van der Waals surface area contributed by atoms with E-state index in [2.05, 4.69) is 20.5 Å². The number of amides is 1. The molecule has 0 radical (unpaired) electrons. The van der Waals surface area contributed by atoms with E-state index < -0.39 is 0 Å². The monoisotopic (exact) mass is 238 g/mol. The third-order valence-corrected chi connectivity index (χ3v) is 2.66. The number of aromatic amines is 1. The fourth-order valence-electron chi connectivity index (χ4n) is 1.79. The molecular weight excluding hydrogens is 228 g/mol. The molecule has 3 aromatic rings. The zero-order valence-electron chi connectivity index (χ0n) is 9.42. The molecule has 88 valence electrons. The Labute approximate surface area is 103 Å². The summed E-state index contributed by atoms with van der Waals surface area (Å²) in [5.41, 5.74) is 2.03. The number of rotatable bonds is 2. The molecule has 2 aromatic heterocycles. The Morgan fingerprint density at radius 2 is 2.00 bits per heavy atom. The molecule has 0 spiro atoms. The number of nitrogens with one attached hydrogen (secondary N) is 2. The molecule has 5 heteroatoms. The zero-order valence-corrected chi connectivity index (χ0v) is 9.42. The number of hydrogen-bond acceptors (Lipinski definition) is 3. The Bertz CT molecular complexity index is 690. The first kappa shape index (κ1) is 10.5. The Hall–Kier alpha value is -2.69. The van der Waals surface area contributed by atoms with Crippen molar-refractivity contribution in [3.63, 3.8) is 0 Å². The summed E-state index contributed by atoms with van der Waals surface area (Å²) in [5, 5.41) is 10.5. The van der Waals surface area contributed by atoms with E-state index in [4.69, 9.17) is 0 Å². The lowest BCUT2D eigenvalue weighted by Crippen LogP contribution is -2.12. The third-order valence-electron chi connectivity index (χ3n) is 2.66. The van der Waals surface area contributed by atoms with Gasteiger partial charge in [-0.25, -0.2) is 0 Å². The van der Waals surface area contributed by atoms with E-state index >= 15 is 0 Å². The maximum absolute atomic E-state index is 12.1. The number of para-hydroxylation sites is 1. The maximum Gasteiger partial charge on any atom is 0.257 e. The second-order valence-corrected chi connectivity index (χ2v) is 3.83. The third kappa shape index (κ3) is 1.82. The second-order valence-electron chi connectivity index (χ2n) is 3.83. The molecule has 1 amide bonds. The normalized spacial score (nSPS) is 10.4. The molecule has 0 aliphatic rings. The van der Waals surface area contributed by atoms with Gasteiger partial charge in [-0.15, -0.1) is 0 Å². The fraction of sp³-hybridized carbons (Fsp3) is 0. The van der Waals surface area contributed by atoms with Crippen LogP contribution in [0.1, 0.15) is 10.4 Å². The summed E-state index contributed by atoms with van der Waals surface area (Å²) in [6.45, 7) is 0. The Morgan fingerprint density at radius 1 is 1.17 bits per heavy atom. The van der Waals surface area contributed by atoms with Gasteiger partial charge in [-0.2, -0.15) is 5.10 Å². The Morgan fingerprint density at radius 3 is 2.83 bits per heavy atom. The first-order valence-electron chi connectivity index (χ1n) is 5.48. The highest BCUT2D eigenvalue weighted by Gasteiger charge is 2.11. The first-order valence-corrected chi connectivity index (χ1v) is 5.48. The minimum atomic E-state index is -0.170. The Balaban J connectivity index is 1.95. The molecule has 0 aliphatic carbocycles. The van der Waals surface area contributed by atoms with Gasteiger partial charge in [0.05, 0.1) is 17.3 Å². The predicted molar refractivity (Wildman–Crippen MR) is 68.3 cm³/mol. The van der Waals surface area contributed by atoms with Crippen molar-refractivity contribution in [3.8, 4) is 0 Å². The van der Waals surface area contributed by atoms with Gasteiger partial charge in [0, 0.05) is 23.5 Å². The van der Waals surface area contributed by atoms with E-state index in [-0.39, 0.29) is 5.91 Å². The minimum Gasteiger partial charge on any atom is -0.322 e. The van der Waals surface area contributed by atoms with Crippen LogP contribution in [0, 0.1) is 0 Å². The molecule has 0 saturated heterocycles. The number of fused-ring (bicyclic) bond motifs is 1. The molecule has 0 bridgehead atoms. The van der Waals surface area contributed by atoms with Crippen molar-refractivity contribution in [1.82, 2.24) is 15.2 Å².